The van der Waals surface area contributed by atoms with E-state index >= 15 is 0 Å². The Labute approximate surface area is 95.1 Å². The van der Waals surface area contributed by atoms with E-state index in [2.05, 4.69) is 11.2 Å². The summed E-state index contributed by atoms with van der Waals surface area (Å²) in [5.74, 6) is 0.0400. The number of pyridine rings is 1. The van der Waals surface area contributed by atoms with E-state index in [1.807, 2.05) is 36.4 Å². The van der Waals surface area contributed by atoms with E-state index in [-0.39, 0.29) is 5.75 Å². The van der Waals surface area contributed by atoms with Gasteiger partial charge in [0.05, 0.1) is 17.5 Å². The quantitative estimate of drug-likeness (QED) is 0.816. The smallest absolute Gasteiger partial charge is 0.151 e. The number of hydrogen-bond donors (Lipinski definition) is 0. The maximum Gasteiger partial charge on any atom is 0.151 e. The topological polar surface area (TPSA) is 47.0 Å². The molecular weight excluding hydrogens is 222 g/mol. The van der Waals surface area contributed by atoms with Crippen LogP contribution in [0.4, 0.5) is 0 Å². The Kier molecular flexibility index (Phi) is 2.92. The second kappa shape index (κ2) is 4.22. The summed E-state index contributed by atoms with van der Waals surface area (Å²) < 4.78 is 21.9. The van der Waals surface area contributed by atoms with Crippen molar-refractivity contribution in [3.05, 3.63) is 48.3 Å². The Morgan fingerprint density at radius 2 is 1.88 bits per heavy atom. The second-order valence-electron chi connectivity index (χ2n) is 3.69. The predicted molar refractivity (Wildman–Crippen MR) is 64.6 cm³/mol. The first-order valence-corrected chi connectivity index (χ1v) is 6.77. The highest BCUT2D eigenvalue weighted by molar-refractivity contribution is 7.92. The van der Waals surface area contributed by atoms with Gasteiger partial charge in [0.2, 0.25) is 0 Å². The molecule has 2 rings (SSSR count). The number of rotatable bonds is 3. The minimum atomic E-state index is -3.17. The summed E-state index contributed by atoms with van der Waals surface area (Å²) in [5, 5.41) is 1.06. The fourth-order valence-electron chi connectivity index (χ4n) is 1.51. The fourth-order valence-corrected chi connectivity index (χ4v) is 2.03. The predicted octanol–water partition coefficient (Wildman–Crippen LogP) is 1.98. The molecule has 0 saturated carbocycles. The molecule has 2 aromatic rings. The number of sulfone groups is 1. The lowest BCUT2D eigenvalue weighted by Gasteiger charge is -2.01. The molecule has 0 spiro atoms. The molecule has 0 atom stereocenters. The molecule has 16 heavy (non-hydrogen) atoms. The summed E-state index contributed by atoms with van der Waals surface area (Å²) >= 11 is 0. The van der Waals surface area contributed by atoms with Gasteiger partial charge in [0.15, 0.2) is 9.84 Å². The zero-order valence-electron chi connectivity index (χ0n) is 8.76. The minimum Gasteiger partial charge on any atom is -0.253 e. The highest BCUT2D eigenvalue weighted by Crippen LogP contribution is 2.12. The van der Waals surface area contributed by atoms with E-state index in [0.29, 0.717) is 6.42 Å². The molecule has 0 bridgehead atoms. The third-order valence-electron chi connectivity index (χ3n) is 2.33. The number of nitrogens with zero attached hydrogens (tertiary/aromatic N) is 1. The lowest BCUT2D eigenvalue weighted by Crippen LogP contribution is -2.05. The molecule has 0 aliphatic rings. The zero-order chi connectivity index (χ0) is 11.6. The molecule has 0 N–H and O–H groups in total. The van der Waals surface area contributed by atoms with Crippen molar-refractivity contribution in [3.8, 4) is 0 Å². The first-order chi connectivity index (χ1) is 7.54. The van der Waals surface area contributed by atoms with E-state index < -0.39 is 9.84 Å². The van der Waals surface area contributed by atoms with E-state index in [9.17, 15) is 8.42 Å². The molecule has 1 heterocycles. The summed E-state index contributed by atoms with van der Waals surface area (Å²) in [6.45, 7) is 0. The van der Waals surface area contributed by atoms with Gasteiger partial charge in [0, 0.05) is 17.5 Å². The van der Waals surface area contributed by atoms with E-state index in [0.717, 1.165) is 16.6 Å². The molecular formula is C12H12NO2S. The first-order valence-electron chi connectivity index (χ1n) is 4.95. The van der Waals surface area contributed by atoms with Crippen LogP contribution in [0.15, 0.2) is 36.4 Å². The lowest BCUT2D eigenvalue weighted by atomic mass is 10.2. The Bertz CT molecular complexity index is 605. The first kappa shape index (κ1) is 11.1. The third kappa shape index (κ3) is 2.79. The molecule has 4 heteroatoms. The average molecular weight is 234 g/mol. The number of aromatic nitrogens is 1. The van der Waals surface area contributed by atoms with Gasteiger partial charge in [-0.1, -0.05) is 24.3 Å². The molecule has 0 aliphatic carbocycles. The van der Waals surface area contributed by atoms with Crippen molar-refractivity contribution >= 4 is 20.7 Å². The molecule has 0 aliphatic heterocycles. The van der Waals surface area contributed by atoms with Gasteiger partial charge in [-0.25, -0.2) is 8.42 Å². The number of aryl methyl sites for hydroxylation is 1. The van der Waals surface area contributed by atoms with Crippen molar-refractivity contribution < 1.29 is 8.42 Å². The molecule has 0 amide bonds. The molecule has 3 nitrogen and oxygen atoms in total. The molecule has 1 aromatic carbocycles. The van der Waals surface area contributed by atoms with Crippen molar-refractivity contribution in [1.29, 1.82) is 0 Å². The fraction of sp³-hybridized carbons (Fsp3) is 0.167. The highest BCUT2D eigenvalue weighted by Gasteiger charge is 2.04. The SMILES string of the molecule is [CH2]S(=O)(=O)CCc1ccc2ccccc2n1. The van der Waals surface area contributed by atoms with Gasteiger partial charge < -0.3 is 0 Å². The van der Waals surface area contributed by atoms with Crippen LogP contribution in [-0.2, 0) is 16.3 Å². The summed E-state index contributed by atoms with van der Waals surface area (Å²) in [7, 11) is -3.17. The standard InChI is InChI=1S/C12H12NO2S/c1-16(14,15)9-8-11-7-6-10-4-2-3-5-12(10)13-11/h2-7H,1,8-9H2. The Hall–Kier alpha value is -1.42. The van der Waals surface area contributed by atoms with Gasteiger partial charge in [-0.2, -0.15) is 0 Å². The number of hydrogen-bond acceptors (Lipinski definition) is 3. The van der Waals surface area contributed by atoms with Crippen molar-refractivity contribution in [2.45, 2.75) is 6.42 Å². The largest absolute Gasteiger partial charge is 0.253 e. The van der Waals surface area contributed by atoms with E-state index in [1.54, 1.807) is 0 Å². The average Bonchev–Trinajstić information content (AvgIpc) is 2.25. The van der Waals surface area contributed by atoms with Crippen molar-refractivity contribution in [2.24, 2.45) is 0 Å². The molecule has 83 valence electrons. The summed E-state index contributed by atoms with van der Waals surface area (Å²) in [6.07, 6.45) is 3.51. The van der Waals surface area contributed by atoms with Crippen LogP contribution in [0.5, 0.6) is 0 Å². The number of fused-ring (bicyclic) bond motifs is 1. The lowest BCUT2D eigenvalue weighted by molar-refractivity contribution is 0.603. The van der Waals surface area contributed by atoms with Crippen LogP contribution in [0.25, 0.3) is 10.9 Å². The summed E-state index contributed by atoms with van der Waals surface area (Å²) in [4.78, 5) is 4.39. The number of para-hydroxylation sites is 1. The van der Waals surface area contributed by atoms with Crippen molar-refractivity contribution in [2.75, 3.05) is 5.75 Å². The summed E-state index contributed by atoms with van der Waals surface area (Å²) in [6, 6.07) is 11.6. The normalized spacial score (nSPS) is 11.8. The van der Waals surface area contributed by atoms with Gasteiger partial charge in [-0.05, 0) is 12.1 Å². The van der Waals surface area contributed by atoms with Crippen LogP contribution in [0, 0.1) is 6.26 Å². The van der Waals surface area contributed by atoms with Gasteiger partial charge >= 0.3 is 0 Å². The van der Waals surface area contributed by atoms with Gasteiger partial charge in [0.1, 0.15) is 0 Å². The second-order valence-corrected chi connectivity index (χ2v) is 5.59. The minimum absolute atomic E-state index is 0.0400. The van der Waals surface area contributed by atoms with Gasteiger partial charge in [-0.15, -0.1) is 0 Å². The molecule has 0 fully saturated rings. The molecule has 1 radical (unpaired) electrons. The van der Waals surface area contributed by atoms with Crippen LogP contribution in [0.2, 0.25) is 0 Å². The monoisotopic (exact) mass is 234 g/mol. The zero-order valence-corrected chi connectivity index (χ0v) is 9.57. The van der Waals surface area contributed by atoms with Crippen LogP contribution in [0.3, 0.4) is 0 Å². The van der Waals surface area contributed by atoms with Crippen LogP contribution < -0.4 is 0 Å². The van der Waals surface area contributed by atoms with Crippen LogP contribution in [-0.4, -0.2) is 19.2 Å². The Morgan fingerprint density at radius 3 is 2.62 bits per heavy atom. The van der Waals surface area contributed by atoms with E-state index in [1.165, 1.54) is 0 Å². The van der Waals surface area contributed by atoms with E-state index in [4.69, 9.17) is 0 Å². The van der Waals surface area contributed by atoms with Crippen molar-refractivity contribution in [3.63, 3.8) is 0 Å². The van der Waals surface area contributed by atoms with Gasteiger partial charge in [0.25, 0.3) is 0 Å². The Morgan fingerprint density at radius 1 is 1.12 bits per heavy atom. The highest BCUT2D eigenvalue weighted by atomic mass is 32.2. The molecule has 0 unspecified atom stereocenters. The van der Waals surface area contributed by atoms with Crippen molar-refractivity contribution in [1.82, 2.24) is 4.98 Å². The van der Waals surface area contributed by atoms with Crippen LogP contribution >= 0.6 is 0 Å². The number of benzene rings is 1. The molecule has 1 aromatic heterocycles. The molecule has 0 saturated heterocycles. The maximum atomic E-state index is 10.9. The third-order valence-corrected chi connectivity index (χ3v) is 3.15. The Balaban J connectivity index is 2.26. The van der Waals surface area contributed by atoms with Crippen LogP contribution in [0.1, 0.15) is 5.69 Å². The van der Waals surface area contributed by atoms with Gasteiger partial charge in [-0.3, -0.25) is 4.98 Å². The summed E-state index contributed by atoms with van der Waals surface area (Å²) in [5.41, 5.74) is 1.67. The maximum absolute atomic E-state index is 10.9.